The molecule has 1 saturated heterocycles. The standard InChI is InChI=1S/C28H21BBrNO7/c30-21-12-22(33)25-20(26(21)34)11-19-17(23(25)13-4-6-16(32)7-5-13)8-9-18-24(19)28(36)31(27(18)35)15-3-1-2-14(10-15)29(37)38/h1-8,10,12,18-19,23-24,32,37-38H,9,11H2. The van der Waals surface area contributed by atoms with Crippen LogP contribution in [0.5, 0.6) is 5.75 Å². The van der Waals surface area contributed by atoms with Gasteiger partial charge in [0.15, 0.2) is 11.6 Å². The summed E-state index contributed by atoms with van der Waals surface area (Å²) in [6.07, 6.45) is 3.63. The summed E-state index contributed by atoms with van der Waals surface area (Å²) in [5, 5.41) is 29.0. The number of phenols is 1. The summed E-state index contributed by atoms with van der Waals surface area (Å²) in [6.45, 7) is 0. The van der Waals surface area contributed by atoms with Crippen molar-refractivity contribution >= 4 is 57.6 Å². The molecule has 0 radical (unpaired) electrons. The number of ketones is 2. The van der Waals surface area contributed by atoms with E-state index in [0.29, 0.717) is 23.1 Å². The van der Waals surface area contributed by atoms with Crippen molar-refractivity contribution in [3.63, 3.8) is 0 Å². The van der Waals surface area contributed by atoms with Crippen LogP contribution in [-0.4, -0.2) is 45.7 Å². The van der Waals surface area contributed by atoms with Crippen LogP contribution in [0.3, 0.4) is 0 Å². The van der Waals surface area contributed by atoms with Crippen LogP contribution in [0.4, 0.5) is 5.69 Å². The number of hydrogen-bond donors (Lipinski definition) is 3. The van der Waals surface area contributed by atoms with Crippen LogP contribution in [0.15, 0.2) is 81.9 Å². The van der Waals surface area contributed by atoms with E-state index in [1.54, 1.807) is 24.3 Å². The maximum Gasteiger partial charge on any atom is 0.488 e. The molecule has 2 amide bonds. The van der Waals surface area contributed by atoms with Crippen molar-refractivity contribution in [3.8, 4) is 5.75 Å². The van der Waals surface area contributed by atoms with Crippen LogP contribution >= 0.6 is 15.9 Å². The first-order chi connectivity index (χ1) is 18.2. The number of benzene rings is 2. The van der Waals surface area contributed by atoms with E-state index in [1.165, 1.54) is 30.3 Å². The molecule has 4 unspecified atom stereocenters. The predicted molar refractivity (Wildman–Crippen MR) is 141 cm³/mol. The van der Waals surface area contributed by atoms with Crippen molar-refractivity contribution in [3.05, 3.63) is 87.4 Å². The fraction of sp³-hybridized carbons (Fsp3) is 0.214. The molecule has 0 saturated carbocycles. The van der Waals surface area contributed by atoms with Crippen molar-refractivity contribution < 1.29 is 34.3 Å². The average Bonchev–Trinajstić information content (AvgIpc) is 3.16. The van der Waals surface area contributed by atoms with Crippen molar-refractivity contribution in [2.45, 2.75) is 18.8 Å². The normalized spacial score (nSPS) is 26.6. The lowest BCUT2D eigenvalue weighted by atomic mass is 9.59. The molecule has 4 aliphatic rings. The van der Waals surface area contributed by atoms with Gasteiger partial charge in [-0.05, 0) is 70.0 Å². The Labute approximate surface area is 226 Å². The predicted octanol–water partition coefficient (Wildman–Crippen LogP) is 2.04. The molecule has 190 valence electrons. The van der Waals surface area contributed by atoms with Gasteiger partial charge in [0.05, 0.1) is 22.0 Å². The number of Topliss-reactive ketones (excluding diaryl/α,β-unsaturated/α-hetero) is 1. The van der Waals surface area contributed by atoms with Gasteiger partial charge < -0.3 is 15.2 Å². The lowest BCUT2D eigenvalue weighted by Crippen LogP contribution is -2.39. The Hall–Kier alpha value is -3.60. The molecule has 1 fully saturated rings. The van der Waals surface area contributed by atoms with Crippen molar-refractivity contribution in [1.82, 2.24) is 0 Å². The maximum atomic E-state index is 13.9. The smallest absolute Gasteiger partial charge is 0.488 e. The summed E-state index contributed by atoms with van der Waals surface area (Å²) in [4.78, 5) is 55.0. The molecule has 1 heterocycles. The third-order valence-corrected chi connectivity index (χ3v) is 8.57. The monoisotopic (exact) mass is 573 g/mol. The van der Waals surface area contributed by atoms with Crippen LogP contribution in [0.25, 0.3) is 0 Å². The number of nitrogens with zero attached hydrogens (tertiary/aromatic N) is 1. The number of imide groups is 1. The molecule has 8 nitrogen and oxygen atoms in total. The fourth-order valence-electron chi connectivity index (χ4n) is 6.33. The number of anilines is 1. The van der Waals surface area contributed by atoms with E-state index in [1.807, 2.05) is 6.08 Å². The van der Waals surface area contributed by atoms with Crippen molar-refractivity contribution in [2.24, 2.45) is 17.8 Å². The number of carbonyl (C=O) groups excluding carboxylic acids is 4. The molecule has 3 aliphatic carbocycles. The van der Waals surface area contributed by atoms with Gasteiger partial charge in [-0.1, -0.05) is 35.9 Å². The Balaban J connectivity index is 1.46. The lowest BCUT2D eigenvalue weighted by Gasteiger charge is -2.42. The number of phenolic OH excluding ortho intramolecular Hbond substituents is 1. The first-order valence-corrected chi connectivity index (χ1v) is 13.0. The van der Waals surface area contributed by atoms with E-state index in [2.05, 4.69) is 15.9 Å². The average molecular weight is 574 g/mol. The Morgan fingerprint density at radius 2 is 1.68 bits per heavy atom. The second kappa shape index (κ2) is 9.01. The van der Waals surface area contributed by atoms with Gasteiger partial charge in [0, 0.05) is 23.1 Å². The highest BCUT2D eigenvalue weighted by Crippen LogP contribution is 2.55. The van der Waals surface area contributed by atoms with Gasteiger partial charge in [0.2, 0.25) is 11.8 Å². The Morgan fingerprint density at radius 1 is 0.947 bits per heavy atom. The highest BCUT2D eigenvalue weighted by Gasteiger charge is 2.56. The Kier molecular flexibility index (Phi) is 5.86. The molecule has 0 bridgehead atoms. The molecule has 38 heavy (non-hydrogen) atoms. The van der Waals surface area contributed by atoms with Crippen LogP contribution < -0.4 is 10.4 Å². The number of halogens is 1. The summed E-state index contributed by atoms with van der Waals surface area (Å²) in [6, 6.07) is 12.4. The van der Waals surface area contributed by atoms with Gasteiger partial charge in [-0.2, -0.15) is 0 Å². The Bertz CT molecular complexity index is 1520. The minimum atomic E-state index is -1.76. The quantitative estimate of drug-likeness (QED) is 0.221. The second-order valence-corrected chi connectivity index (χ2v) is 10.8. The highest BCUT2D eigenvalue weighted by atomic mass is 79.9. The zero-order valence-electron chi connectivity index (χ0n) is 19.9. The van der Waals surface area contributed by atoms with E-state index in [0.717, 1.165) is 10.5 Å². The second-order valence-electron chi connectivity index (χ2n) is 9.97. The molecule has 2 aromatic rings. The van der Waals surface area contributed by atoms with E-state index in [4.69, 9.17) is 0 Å². The number of hydrogen-bond acceptors (Lipinski definition) is 7. The molecule has 0 aromatic heterocycles. The molecule has 3 N–H and O–H groups in total. The van der Waals surface area contributed by atoms with Crippen LogP contribution in [-0.2, 0) is 19.2 Å². The first kappa shape index (κ1) is 24.7. The third-order valence-electron chi connectivity index (χ3n) is 7.98. The number of fused-ring (bicyclic) bond motifs is 3. The molecule has 6 rings (SSSR count). The van der Waals surface area contributed by atoms with Gasteiger partial charge in [0.25, 0.3) is 0 Å². The summed E-state index contributed by atoms with van der Waals surface area (Å²) >= 11 is 3.20. The van der Waals surface area contributed by atoms with Gasteiger partial charge in [-0.25, -0.2) is 0 Å². The molecule has 10 heteroatoms. The fourth-order valence-corrected chi connectivity index (χ4v) is 6.78. The summed E-state index contributed by atoms with van der Waals surface area (Å²) in [5.41, 5.74) is 2.61. The van der Waals surface area contributed by atoms with Crippen LogP contribution in [0.2, 0.25) is 0 Å². The molecule has 0 spiro atoms. The molecule has 4 atom stereocenters. The number of aromatic hydroxyl groups is 1. The summed E-state index contributed by atoms with van der Waals surface area (Å²) < 4.78 is 0.153. The van der Waals surface area contributed by atoms with Gasteiger partial charge in [0.1, 0.15) is 5.75 Å². The molecule has 1 aliphatic heterocycles. The molecular weight excluding hydrogens is 553 g/mol. The number of allylic oxidation sites excluding steroid dienone is 6. The van der Waals surface area contributed by atoms with Crippen LogP contribution in [0, 0.1) is 17.8 Å². The van der Waals surface area contributed by atoms with E-state index < -0.39 is 36.7 Å². The van der Waals surface area contributed by atoms with Gasteiger partial charge in [-0.3, -0.25) is 24.1 Å². The first-order valence-electron chi connectivity index (χ1n) is 12.2. The van der Waals surface area contributed by atoms with Crippen LogP contribution in [0.1, 0.15) is 24.3 Å². The molecular formula is C28H21BBrNO7. The number of carbonyl (C=O) groups is 4. The lowest BCUT2D eigenvalue weighted by molar-refractivity contribution is -0.123. The van der Waals surface area contributed by atoms with Gasteiger partial charge >= 0.3 is 7.12 Å². The summed E-state index contributed by atoms with van der Waals surface area (Å²) in [5.74, 6) is -3.82. The number of rotatable bonds is 3. The largest absolute Gasteiger partial charge is 0.508 e. The zero-order chi connectivity index (χ0) is 26.9. The van der Waals surface area contributed by atoms with Crippen molar-refractivity contribution in [2.75, 3.05) is 4.90 Å². The van der Waals surface area contributed by atoms with Crippen molar-refractivity contribution in [1.29, 1.82) is 0 Å². The van der Waals surface area contributed by atoms with Gasteiger partial charge in [-0.15, -0.1) is 0 Å². The highest BCUT2D eigenvalue weighted by molar-refractivity contribution is 9.12. The summed E-state index contributed by atoms with van der Waals surface area (Å²) in [7, 11) is -1.76. The number of amides is 2. The zero-order valence-corrected chi connectivity index (χ0v) is 21.5. The minimum absolute atomic E-state index is 0.0594. The maximum absolute atomic E-state index is 13.9. The van der Waals surface area contributed by atoms with E-state index >= 15 is 0 Å². The van der Waals surface area contributed by atoms with E-state index in [9.17, 15) is 34.3 Å². The Morgan fingerprint density at radius 3 is 2.39 bits per heavy atom. The topological polar surface area (TPSA) is 132 Å². The molecule has 2 aromatic carbocycles. The SMILES string of the molecule is O=C1C=C(Br)C(=O)C2=C1C(c1ccc(O)cc1)C1=CCC3C(=O)N(c4cccc(B(O)O)c4)C(=O)C3C1C2. The van der Waals surface area contributed by atoms with E-state index in [-0.39, 0.29) is 45.3 Å². The minimum Gasteiger partial charge on any atom is -0.508 e. The third kappa shape index (κ3) is 3.66.